The minimum Gasteiger partial charge on any atom is -0.550 e. The molecular formula is C17H16NO5-. The second-order valence-corrected chi connectivity index (χ2v) is 6.22. The number of fused-ring (bicyclic) bond motifs is 3. The molecule has 120 valence electrons. The summed E-state index contributed by atoms with van der Waals surface area (Å²) in [6, 6.07) is 5.47. The van der Waals surface area contributed by atoms with E-state index in [2.05, 4.69) is 5.32 Å². The maximum Gasteiger partial charge on any atom is 0.231 e. The predicted octanol–water partition coefficient (Wildman–Crippen LogP) is 0.220. The largest absolute Gasteiger partial charge is 0.550 e. The van der Waals surface area contributed by atoms with Gasteiger partial charge in [-0.2, -0.15) is 0 Å². The summed E-state index contributed by atoms with van der Waals surface area (Å²) < 4.78 is 10.5. The Morgan fingerprint density at radius 2 is 1.87 bits per heavy atom. The molecule has 1 saturated carbocycles. The summed E-state index contributed by atoms with van der Waals surface area (Å²) in [4.78, 5) is 23.8. The van der Waals surface area contributed by atoms with Crippen LogP contribution < -0.4 is 19.9 Å². The molecule has 1 N–H and O–H groups in total. The molecule has 1 amide bonds. The number of carbonyl (C=O) groups is 2. The molecule has 0 unspecified atom stereocenters. The first-order valence-corrected chi connectivity index (χ1v) is 7.69. The third-order valence-corrected chi connectivity index (χ3v) is 4.94. The maximum atomic E-state index is 12.5. The third kappa shape index (κ3) is 2.34. The minimum atomic E-state index is -1.13. The number of hydrogen-bond donors (Lipinski definition) is 1. The van der Waals surface area contributed by atoms with Crippen molar-refractivity contribution in [1.82, 2.24) is 5.32 Å². The molecule has 2 aliphatic carbocycles. The number of aliphatic carboxylic acids is 1. The molecule has 6 nitrogen and oxygen atoms in total. The number of carboxylic acids is 1. The molecule has 1 aromatic carbocycles. The summed E-state index contributed by atoms with van der Waals surface area (Å²) in [5, 5.41) is 14.2. The molecule has 1 heterocycles. The number of benzene rings is 1. The lowest BCUT2D eigenvalue weighted by Gasteiger charge is -2.27. The van der Waals surface area contributed by atoms with Gasteiger partial charge in [0.15, 0.2) is 11.5 Å². The van der Waals surface area contributed by atoms with Gasteiger partial charge < -0.3 is 24.7 Å². The van der Waals surface area contributed by atoms with Crippen LogP contribution in [0.15, 0.2) is 30.4 Å². The number of carbonyl (C=O) groups excluding carboxylic acids is 2. The Morgan fingerprint density at radius 3 is 2.65 bits per heavy atom. The van der Waals surface area contributed by atoms with Crippen LogP contribution in [0.25, 0.3) is 0 Å². The highest BCUT2D eigenvalue weighted by atomic mass is 16.7. The second kappa shape index (κ2) is 5.30. The summed E-state index contributed by atoms with van der Waals surface area (Å²) in [5.41, 5.74) is 0.881. The molecular weight excluding hydrogens is 298 g/mol. The van der Waals surface area contributed by atoms with Gasteiger partial charge in [0.2, 0.25) is 12.7 Å². The van der Waals surface area contributed by atoms with E-state index in [0.717, 1.165) is 12.0 Å². The zero-order valence-corrected chi connectivity index (χ0v) is 12.4. The molecule has 1 fully saturated rings. The SMILES string of the molecule is O=C([O-])[C@@H]1[C@@H](C(=O)NCc2ccc3c(c2)OCO3)[C@H]2C=C[C@H]1C2. The van der Waals surface area contributed by atoms with Crippen LogP contribution in [0.4, 0.5) is 0 Å². The number of allylic oxidation sites excluding steroid dienone is 2. The van der Waals surface area contributed by atoms with Crippen LogP contribution >= 0.6 is 0 Å². The highest BCUT2D eigenvalue weighted by Crippen LogP contribution is 2.47. The van der Waals surface area contributed by atoms with Crippen LogP contribution in [0, 0.1) is 23.7 Å². The molecule has 0 aromatic heterocycles. The monoisotopic (exact) mass is 314 g/mol. The molecule has 4 atom stereocenters. The van der Waals surface area contributed by atoms with Gasteiger partial charge in [0.25, 0.3) is 0 Å². The zero-order chi connectivity index (χ0) is 16.0. The molecule has 0 saturated heterocycles. The predicted molar refractivity (Wildman–Crippen MR) is 77.1 cm³/mol. The summed E-state index contributed by atoms with van der Waals surface area (Å²) in [6.45, 7) is 0.531. The van der Waals surface area contributed by atoms with Gasteiger partial charge in [0.05, 0.1) is 5.92 Å². The summed E-state index contributed by atoms with van der Waals surface area (Å²) in [6.07, 6.45) is 4.57. The molecule has 6 heteroatoms. The van der Waals surface area contributed by atoms with Crippen molar-refractivity contribution >= 4 is 11.9 Å². The van der Waals surface area contributed by atoms with E-state index in [-0.39, 0.29) is 24.5 Å². The lowest BCUT2D eigenvalue weighted by Crippen LogP contribution is -2.44. The minimum absolute atomic E-state index is 0.000320. The van der Waals surface area contributed by atoms with E-state index >= 15 is 0 Å². The summed E-state index contributed by atoms with van der Waals surface area (Å²) in [7, 11) is 0. The first kappa shape index (κ1) is 14.1. The third-order valence-electron chi connectivity index (χ3n) is 4.94. The Morgan fingerprint density at radius 1 is 1.13 bits per heavy atom. The first-order valence-electron chi connectivity index (χ1n) is 7.69. The van der Waals surface area contributed by atoms with Crippen molar-refractivity contribution in [1.29, 1.82) is 0 Å². The van der Waals surface area contributed by atoms with Gasteiger partial charge in [0, 0.05) is 18.4 Å². The van der Waals surface area contributed by atoms with E-state index in [4.69, 9.17) is 9.47 Å². The van der Waals surface area contributed by atoms with Crippen LogP contribution in [-0.4, -0.2) is 18.7 Å². The number of nitrogens with one attached hydrogen (secondary N) is 1. The van der Waals surface area contributed by atoms with E-state index in [1.807, 2.05) is 24.3 Å². The van der Waals surface area contributed by atoms with Crippen LogP contribution in [-0.2, 0) is 16.1 Å². The van der Waals surface area contributed by atoms with Gasteiger partial charge in [-0.25, -0.2) is 0 Å². The number of rotatable bonds is 4. The average molecular weight is 314 g/mol. The van der Waals surface area contributed by atoms with Crippen molar-refractivity contribution in [2.24, 2.45) is 23.7 Å². The normalized spacial score (nSPS) is 29.7. The van der Waals surface area contributed by atoms with Crippen LogP contribution in [0.1, 0.15) is 12.0 Å². The van der Waals surface area contributed by atoms with Crippen LogP contribution in [0.2, 0.25) is 0 Å². The highest BCUT2D eigenvalue weighted by Gasteiger charge is 2.48. The molecule has 4 rings (SSSR count). The van der Waals surface area contributed by atoms with Gasteiger partial charge in [0.1, 0.15) is 0 Å². The number of hydrogen-bond acceptors (Lipinski definition) is 5. The molecule has 1 aliphatic heterocycles. The van der Waals surface area contributed by atoms with Gasteiger partial charge in [-0.05, 0) is 36.0 Å². The topological polar surface area (TPSA) is 87.7 Å². The first-order chi connectivity index (χ1) is 11.1. The lowest BCUT2D eigenvalue weighted by atomic mass is 9.82. The van der Waals surface area contributed by atoms with Crippen molar-refractivity contribution in [2.45, 2.75) is 13.0 Å². The fourth-order valence-corrected chi connectivity index (χ4v) is 3.86. The second-order valence-electron chi connectivity index (χ2n) is 6.22. The molecule has 2 bridgehead atoms. The smallest absolute Gasteiger partial charge is 0.231 e. The van der Waals surface area contributed by atoms with Gasteiger partial charge >= 0.3 is 0 Å². The molecule has 1 aromatic rings. The molecule has 0 radical (unpaired) electrons. The summed E-state index contributed by atoms with van der Waals surface area (Å²) >= 11 is 0. The molecule has 3 aliphatic rings. The van der Waals surface area contributed by atoms with Gasteiger partial charge in [-0.3, -0.25) is 4.79 Å². The Kier molecular flexibility index (Phi) is 3.25. The van der Waals surface area contributed by atoms with Gasteiger partial charge in [-0.1, -0.05) is 18.2 Å². The van der Waals surface area contributed by atoms with E-state index in [1.54, 1.807) is 6.07 Å². The lowest BCUT2D eigenvalue weighted by molar-refractivity contribution is -0.313. The van der Waals surface area contributed by atoms with Crippen molar-refractivity contribution in [2.75, 3.05) is 6.79 Å². The van der Waals surface area contributed by atoms with E-state index in [9.17, 15) is 14.7 Å². The summed E-state index contributed by atoms with van der Waals surface area (Å²) in [5.74, 6) is -1.35. The van der Waals surface area contributed by atoms with Gasteiger partial charge in [-0.15, -0.1) is 0 Å². The fourth-order valence-electron chi connectivity index (χ4n) is 3.86. The Hall–Kier alpha value is -2.50. The zero-order valence-electron chi connectivity index (χ0n) is 12.4. The van der Waals surface area contributed by atoms with E-state index in [1.165, 1.54) is 0 Å². The van der Waals surface area contributed by atoms with Crippen molar-refractivity contribution in [3.05, 3.63) is 35.9 Å². The van der Waals surface area contributed by atoms with E-state index in [0.29, 0.717) is 18.0 Å². The number of carboxylic acid groups (broad SMARTS) is 1. The van der Waals surface area contributed by atoms with Crippen LogP contribution in [0.5, 0.6) is 11.5 Å². The molecule has 23 heavy (non-hydrogen) atoms. The quantitative estimate of drug-likeness (QED) is 0.803. The Bertz CT molecular complexity index is 698. The average Bonchev–Trinajstić information content (AvgIpc) is 3.25. The van der Waals surface area contributed by atoms with Crippen LogP contribution in [0.3, 0.4) is 0 Å². The number of ether oxygens (including phenoxy) is 2. The Balaban J connectivity index is 1.44. The highest BCUT2D eigenvalue weighted by molar-refractivity contribution is 5.86. The van der Waals surface area contributed by atoms with Crippen molar-refractivity contribution in [3.8, 4) is 11.5 Å². The maximum absolute atomic E-state index is 12.5. The number of amides is 1. The molecule has 0 spiro atoms. The standard InChI is InChI=1S/C17H17NO5/c19-16(14-10-2-3-11(6-10)15(14)17(20)21)18-7-9-1-4-12-13(5-9)23-8-22-12/h1-5,10-11,14-15H,6-8H2,(H,18,19)(H,20,21)/p-1/t10-,11-,14-,15-/m0/s1. The van der Waals surface area contributed by atoms with Crippen molar-refractivity contribution in [3.63, 3.8) is 0 Å². The van der Waals surface area contributed by atoms with E-state index < -0.39 is 17.8 Å². The fraction of sp³-hybridized carbons (Fsp3) is 0.412. The Labute approximate surface area is 133 Å². The van der Waals surface area contributed by atoms with Crippen molar-refractivity contribution < 1.29 is 24.2 Å².